The molecule has 0 aliphatic rings. The van der Waals surface area contributed by atoms with Crippen molar-refractivity contribution < 1.29 is 4.42 Å². The molecule has 2 rings (SSSR count). The van der Waals surface area contributed by atoms with E-state index in [2.05, 4.69) is 30.7 Å². The van der Waals surface area contributed by atoms with Crippen molar-refractivity contribution in [3.05, 3.63) is 30.2 Å². The van der Waals surface area contributed by atoms with Crippen molar-refractivity contribution in [2.24, 2.45) is 0 Å². The maximum atomic E-state index is 5.40. The fourth-order valence-electron chi connectivity index (χ4n) is 1.25. The lowest BCUT2D eigenvalue weighted by atomic mass is 9.93. The molecule has 0 N–H and O–H groups in total. The van der Waals surface area contributed by atoms with Crippen molar-refractivity contribution >= 4 is 0 Å². The first-order valence-electron chi connectivity index (χ1n) is 4.94. The van der Waals surface area contributed by atoms with E-state index < -0.39 is 0 Å². The first-order valence-corrected chi connectivity index (χ1v) is 4.94. The van der Waals surface area contributed by atoms with Gasteiger partial charge in [-0.1, -0.05) is 20.8 Å². The lowest BCUT2D eigenvalue weighted by Crippen LogP contribution is -2.11. The number of oxazole rings is 1. The first kappa shape index (κ1) is 9.96. The van der Waals surface area contributed by atoms with Gasteiger partial charge in [0.15, 0.2) is 0 Å². The Bertz CT molecular complexity index is 462. The zero-order chi connectivity index (χ0) is 11.1. The van der Waals surface area contributed by atoms with Crippen molar-refractivity contribution in [1.29, 1.82) is 0 Å². The monoisotopic (exact) mass is 205 g/mol. The summed E-state index contributed by atoms with van der Waals surface area (Å²) >= 11 is 0. The molecule has 0 radical (unpaired) electrons. The number of imidazole rings is 1. The molecule has 0 saturated carbocycles. The fraction of sp³-hybridized carbons (Fsp3) is 0.455. The number of aryl methyl sites for hydroxylation is 1. The Morgan fingerprint density at radius 2 is 2.07 bits per heavy atom. The Morgan fingerprint density at radius 1 is 1.33 bits per heavy atom. The summed E-state index contributed by atoms with van der Waals surface area (Å²) in [6, 6.07) is 0.570. The van der Waals surface area contributed by atoms with Crippen molar-refractivity contribution in [3.63, 3.8) is 0 Å². The topological polar surface area (TPSA) is 43.9 Å². The summed E-state index contributed by atoms with van der Waals surface area (Å²) in [7, 11) is 0. The highest BCUT2D eigenvalue weighted by Gasteiger charge is 2.19. The number of hydrogen-bond acceptors (Lipinski definition) is 3. The van der Waals surface area contributed by atoms with E-state index in [4.69, 9.17) is 4.42 Å². The molecule has 0 unspecified atom stereocenters. The Kier molecular flexibility index (Phi) is 2.14. The predicted octanol–water partition coefficient (Wildman–Crippen LogP) is 2.47. The molecule has 0 amide bonds. The quantitative estimate of drug-likeness (QED) is 0.718. The Balaban J connectivity index is 2.36. The molecule has 0 fully saturated rings. The highest BCUT2D eigenvalue weighted by atomic mass is 16.4. The molecule has 4 nitrogen and oxygen atoms in total. The Morgan fingerprint density at radius 3 is 2.53 bits per heavy atom. The Labute approximate surface area is 89.0 Å². The van der Waals surface area contributed by atoms with Crippen LogP contribution in [0.3, 0.4) is 0 Å². The smallest absolute Gasteiger partial charge is 0.307 e. The van der Waals surface area contributed by atoms with E-state index in [1.54, 1.807) is 17.2 Å². The standard InChI is InChI=1S/C11H15N3O/c1-8-5-14(7-12-8)10-13-9(6-15-10)11(2,3)4/h5-7H,1-4H3. The van der Waals surface area contributed by atoms with Crippen LogP contribution in [0.2, 0.25) is 0 Å². The summed E-state index contributed by atoms with van der Waals surface area (Å²) < 4.78 is 7.18. The van der Waals surface area contributed by atoms with E-state index in [0.29, 0.717) is 6.01 Å². The summed E-state index contributed by atoms with van der Waals surface area (Å²) in [4.78, 5) is 8.55. The lowest BCUT2D eigenvalue weighted by Gasteiger charge is -2.12. The lowest BCUT2D eigenvalue weighted by molar-refractivity contribution is 0.518. The minimum atomic E-state index is 0.0113. The SMILES string of the molecule is Cc1cn(-c2nc(C(C)(C)C)co2)cn1. The van der Waals surface area contributed by atoms with Crippen molar-refractivity contribution in [1.82, 2.24) is 14.5 Å². The van der Waals surface area contributed by atoms with Crippen LogP contribution in [0.1, 0.15) is 32.2 Å². The normalized spacial score (nSPS) is 12.0. The molecule has 2 aromatic rings. The zero-order valence-electron chi connectivity index (χ0n) is 9.48. The minimum Gasteiger partial charge on any atom is -0.431 e. The largest absolute Gasteiger partial charge is 0.431 e. The third kappa shape index (κ3) is 1.93. The molecular formula is C11H15N3O. The van der Waals surface area contributed by atoms with E-state index >= 15 is 0 Å². The number of rotatable bonds is 1. The molecule has 0 atom stereocenters. The van der Waals surface area contributed by atoms with E-state index in [1.807, 2.05) is 13.1 Å². The summed E-state index contributed by atoms with van der Waals surface area (Å²) in [6.45, 7) is 8.25. The molecule has 0 bridgehead atoms. The third-order valence-corrected chi connectivity index (χ3v) is 2.19. The van der Waals surface area contributed by atoms with Gasteiger partial charge in [0.05, 0.1) is 11.4 Å². The second-order valence-electron chi connectivity index (χ2n) is 4.69. The van der Waals surface area contributed by atoms with Crippen LogP contribution in [-0.4, -0.2) is 14.5 Å². The molecule has 15 heavy (non-hydrogen) atoms. The van der Waals surface area contributed by atoms with Gasteiger partial charge >= 0.3 is 6.01 Å². The van der Waals surface area contributed by atoms with Crippen LogP contribution in [-0.2, 0) is 5.41 Å². The summed E-state index contributed by atoms with van der Waals surface area (Å²) in [5.41, 5.74) is 1.91. The van der Waals surface area contributed by atoms with Gasteiger partial charge in [0.25, 0.3) is 0 Å². The maximum absolute atomic E-state index is 5.40. The average Bonchev–Trinajstić information content (AvgIpc) is 2.69. The highest BCUT2D eigenvalue weighted by molar-refractivity contribution is 5.16. The Hall–Kier alpha value is -1.58. The van der Waals surface area contributed by atoms with Crippen LogP contribution in [0, 0.1) is 6.92 Å². The average molecular weight is 205 g/mol. The van der Waals surface area contributed by atoms with E-state index in [1.165, 1.54) is 0 Å². The summed E-state index contributed by atoms with van der Waals surface area (Å²) in [5.74, 6) is 0. The molecule has 4 heteroatoms. The molecular weight excluding hydrogens is 190 g/mol. The van der Waals surface area contributed by atoms with Crippen LogP contribution in [0.5, 0.6) is 0 Å². The predicted molar refractivity (Wildman–Crippen MR) is 57.1 cm³/mol. The van der Waals surface area contributed by atoms with Crippen LogP contribution in [0.15, 0.2) is 23.2 Å². The molecule has 2 heterocycles. The van der Waals surface area contributed by atoms with Gasteiger partial charge in [-0.3, -0.25) is 4.57 Å². The molecule has 80 valence electrons. The van der Waals surface area contributed by atoms with Gasteiger partial charge in [0.1, 0.15) is 12.6 Å². The van der Waals surface area contributed by atoms with Crippen LogP contribution in [0.25, 0.3) is 6.01 Å². The summed E-state index contributed by atoms with van der Waals surface area (Å²) in [5, 5.41) is 0. The van der Waals surface area contributed by atoms with E-state index in [-0.39, 0.29) is 5.41 Å². The van der Waals surface area contributed by atoms with Crippen molar-refractivity contribution in [3.8, 4) is 6.01 Å². The van der Waals surface area contributed by atoms with Gasteiger partial charge in [0, 0.05) is 11.6 Å². The summed E-state index contributed by atoms with van der Waals surface area (Å²) in [6.07, 6.45) is 5.29. The maximum Gasteiger partial charge on any atom is 0.307 e. The minimum absolute atomic E-state index is 0.0113. The van der Waals surface area contributed by atoms with Crippen LogP contribution < -0.4 is 0 Å². The third-order valence-electron chi connectivity index (χ3n) is 2.19. The second kappa shape index (κ2) is 3.22. The van der Waals surface area contributed by atoms with Gasteiger partial charge in [-0.25, -0.2) is 4.98 Å². The molecule has 0 saturated heterocycles. The van der Waals surface area contributed by atoms with Gasteiger partial charge in [-0.15, -0.1) is 0 Å². The molecule has 0 aromatic carbocycles. The fourth-order valence-corrected chi connectivity index (χ4v) is 1.25. The second-order valence-corrected chi connectivity index (χ2v) is 4.69. The highest BCUT2D eigenvalue weighted by Crippen LogP contribution is 2.22. The number of aromatic nitrogens is 3. The van der Waals surface area contributed by atoms with Gasteiger partial charge in [-0.2, -0.15) is 4.98 Å². The molecule has 0 aliphatic heterocycles. The van der Waals surface area contributed by atoms with E-state index in [9.17, 15) is 0 Å². The molecule has 0 spiro atoms. The van der Waals surface area contributed by atoms with Crippen molar-refractivity contribution in [2.75, 3.05) is 0 Å². The number of nitrogens with zero attached hydrogens (tertiary/aromatic N) is 3. The molecule has 0 aliphatic carbocycles. The number of hydrogen-bond donors (Lipinski definition) is 0. The van der Waals surface area contributed by atoms with Gasteiger partial charge in [-0.05, 0) is 6.92 Å². The van der Waals surface area contributed by atoms with Gasteiger partial charge in [0.2, 0.25) is 0 Å². The molecule has 2 aromatic heterocycles. The van der Waals surface area contributed by atoms with Gasteiger partial charge < -0.3 is 4.42 Å². The zero-order valence-corrected chi connectivity index (χ0v) is 9.48. The first-order chi connectivity index (χ1) is 6.97. The van der Waals surface area contributed by atoms with Crippen LogP contribution in [0.4, 0.5) is 0 Å². The van der Waals surface area contributed by atoms with Crippen LogP contribution >= 0.6 is 0 Å². The van der Waals surface area contributed by atoms with E-state index in [0.717, 1.165) is 11.4 Å². The van der Waals surface area contributed by atoms with Crippen molar-refractivity contribution in [2.45, 2.75) is 33.1 Å².